The van der Waals surface area contributed by atoms with Crippen molar-refractivity contribution in [3.8, 4) is 11.4 Å². The zero-order chi connectivity index (χ0) is 20.0. The number of aromatic nitrogens is 2. The molecule has 1 unspecified atom stereocenters. The summed E-state index contributed by atoms with van der Waals surface area (Å²) in [5.74, 6) is -1.37. The predicted molar refractivity (Wildman–Crippen MR) is 94.6 cm³/mol. The van der Waals surface area contributed by atoms with Gasteiger partial charge in [-0.3, -0.25) is 4.79 Å². The maximum absolute atomic E-state index is 12.6. The van der Waals surface area contributed by atoms with E-state index >= 15 is 0 Å². The van der Waals surface area contributed by atoms with Crippen LogP contribution in [0.1, 0.15) is 57.9 Å². The monoisotopic (exact) mass is 383 g/mol. The molecule has 8 heteroatoms. The van der Waals surface area contributed by atoms with Gasteiger partial charge >= 0.3 is 12.1 Å². The Balaban J connectivity index is 2.13. The normalized spacial score (nSPS) is 12.8. The van der Waals surface area contributed by atoms with E-state index in [0.717, 1.165) is 24.8 Å². The first kappa shape index (κ1) is 20.9. The molecule has 5 nitrogen and oxygen atoms in total. The van der Waals surface area contributed by atoms with Crippen molar-refractivity contribution >= 4 is 5.91 Å². The van der Waals surface area contributed by atoms with Crippen molar-refractivity contribution in [1.29, 1.82) is 0 Å². The Labute approximate surface area is 156 Å². The second kappa shape index (κ2) is 9.01. The second-order valence-corrected chi connectivity index (χ2v) is 6.50. The van der Waals surface area contributed by atoms with Crippen LogP contribution in [-0.4, -0.2) is 27.0 Å². The van der Waals surface area contributed by atoms with Crippen LogP contribution in [0.25, 0.3) is 11.4 Å². The molecule has 0 spiro atoms. The number of halogens is 3. The average Bonchev–Trinajstić information content (AvgIpc) is 3.14. The maximum atomic E-state index is 12.6. The van der Waals surface area contributed by atoms with Crippen LogP contribution in [0.4, 0.5) is 13.2 Å². The van der Waals surface area contributed by atoms with Crippen LogP contribution in [0.3, 0.4) is 0 Å². The molecule has 1 heterocycles. The van der Waals surface area contributed by atoms with Gasteiger partial charge in [0.2, 0.25) is 11.7 Å². The van der Waals surface area contributed by atoms with Crippen molar-refractivity contribution in [1.82, 2.24) is 15.0 Å². The number of nitrogens with zero attached hydrogens (tertiary/aromatic N) is 3. The van der Waals surface area contributed by atoms with Crippen molar-refractivity contribution in [3.05, 3.63) is 35.7 Å². The quantitative estimate of drug-likeness (QED) is 0.638. The van der Waals surface area contributed by atoms with E-state index in [2.05, 4.69) is 14.7 Å². The Morgan fingerprint density at radius 1 is 1.22 bits per heavy atom. The third-order valence-corrected chi connectivity index (χ3v) is 4.42. The summed E-state index contributed by atoms with van der Waals surface area (Å²) in [5, 5.41) is 3.38. The van der Waals surface area contributed by atoms with Crippen molar-refractivity contribution in [2.45, 2.75) is 65.2 Å². The van der Waals surface area contributed by atoms with Crippen LogP contribution in [0.5, 0.6) is 0 Å². The van der Waals surface area contributed by atoms with Gasteiger partial charge in [-0.15, -0.1) is 0 Å². The highest BCUT2D eigenvalue weighted by Gasteiger charge is 2.38. The molecule has 0 aliphatic rings. The number of hydrogen-bond acceptors (Lipinski definition) is 4. The van der Waals surface area contributed by atoms with Gasteiger partial charge in [0, 0.05) is 24.6 Å². The molecule has 0 aliphatic carbocycles. The van der Waals surface area contributed by atoms with Gasteiger partial charge in [-0.1, -0.05) is 49.7 Å². The smallest absolute Gasteiger partial charge is 0.336 e. The lowest BCUT2D eigenvalue weighted by Crippen LogP contribution is -2.37. The molecule has 0 bridgehead atoms. The highest BCUT2D eigenvalue weighted by Crippen LogP contribution is 2.29. The number of alkyl halides is 3. The van der Waals surface area contributed by atoms with Crippen molar-refractivity contribution < 1.29 is 22.5 Å². The number of rotatable bonds is 8. The standard InChI is InChI=1S/C19H24F3N3O2/c1-4-6-7-16(26)25(13(3)5-2)12-14-8-10-15(11-9-14)17-23-18(27-24-17)19(20,21)22/h8-11,13H,4-7,12H2,1-3H3. The van der Waals surface area contributed by atoms with E-state index in [1.807, 2.05) is 25.7 Å². The lowest BCUT2D eigenvalue weighted by molar-refractivity contribution is -0.159. The Kier molecular flexibility index (Phi) is 6.98. The van der Waals surface area contributed by atoms with Gasteiger partial charge in [0.1, 0.15) is 0 Å². The molecule has 1 aromatic carbocycles. The predicted octanol–water partition coefficient (Wildman–Crippen LogP) is 5.07. The van der Waals surface area contributed by atoms with E-state index in [0.29, 0.717) is 18.5 Å². The van der Waals surface area contributed by atoms with E-state index in [9.17, 15) is 18.0 Å². The molecular weight excluding hydrogens is 359 g/mol. The summed E-state index contributed by atoms with van der Waals surface area (Å²) in [6, 6.07) is 6.90. The van der Waals surface area contributed by atoms with Crippen molar-refractivity contribution in [2.24, 2.45) is 0 Å². The maximum Gasteiger partial charge on any atom is 0.471 e. The summed E-state index contributed by atoms with van der Waals surface area (Å²) in [6.07, 6.45) is -1.49. The molecule has 0 N–H and O–H groups in total. The summed E-state index contributed by atoms with van der Waals surface area (Å²) in [6.45, 7) is 6.54. The zero-order valence-electron chi connectivity index (χ0n) is 15.7. The molecule has 0 radical (unpaired) electrons. The SMILES string of the molecule is CCCCC(=O)N(Cc1ccc(-c2noc(C(F)(F)F)n2)cc1)C(C)CC. The van der Waals surface area contributed by atoms with Gasteiger partial charge in [0.05, 0.1) is 0 Å². The van der Waals surface area contributed by atoms with Gasteiger partial charge in [0.15, 0.2) is 0 Å². The Morgan fingerprint density at radius 3 is 2.41 bits per heavy atom. The van der Waals surface area contributed by atoms with E-state index < -0.39 is 12.1 Å². The van der Waals surface area contributed by atoms with Gasteiger partial charge in [-0.2, -0.15) is 18.2 Å². The van der Waals surface area contributed by atoms with Crippen molar-refractivity contribution in [2.75, 3.05) is 0 Å². The first-order valence-electron chi connectivity index (χ1n) is 9.05. The second-order valence-electron chi connectivity index (χ2n) is 6.50. The van der Waals surface area contributed by atoms with E-state index in [4.69, 9.17) is 0 Å². The Hall–Kier alpha value is -2.38. The summed E-state index contributed by atoms with van der Waals surface area (Å²) in [4.78, 5) is 17.7. The van der Waals surface area contributed by atoms with E-state index in [-0.39, 0.29) is 17.8 Å². The molecular formula is C19H24F3N3O2. The minimum absolute atomic E-state index is 0.112. The number of hydrogen-bond donors (Lipinski definition) is 0. The molecule has 2 rings (SSSR count). The van der Waals surface area contributed by atoms with Gasteiger partial charge in [-0.25, -0.2) is 0 Å². The number of carbonyl (C=O) groups is 1. The molecule has 1 amide bonds. The molecule has 0 saturated carbocycles. The topological polar surface area (TPSA) is 59.2 Å². The number of amides is 1. The molecule has 148 valence electrons. The fourth-order valence-corrected chi connectivity index (χ4v) is 2.59. The third kappa shape index (κ3) is 5.55. The molecule has 1 atom stereocenters. The average molecular weight is 383 g/mol. The number of carbonyl (C=O) groups excluding carboxylic acids is 1. The summed E-state index contributed by atoms with van der Waals surface area (Å²) >= 11 is 0. The lowest BCUT2D eigenvalue weighted by atomic mass is 10.1. The van der Waals surface area contributed by atoms with Gasteiger partial charge < -0.3 is 9.42 Å². The highest BCUT2D eigenvalue weighted by molar-refractivity contribution is 5.76. The number of unbranched alkanes of at least 4 members (excludes halogenated alkanes) is 1. The molecule has 2 aromatic rings. The van der Waals surface area contributed by atoms with Crippen LogP contribution in [0.2, 0.25) is 0 Å². The number of benzene rings is 1. The first-order valence-corrected chi connectivity index (χ1v) is 9.05. The van der Waals surface area contributed by atoms with Crippen LogP contribution < -0.4 is 0 Å². The summed E-state index contributed by atoms with van der Waals surface area (Å²) < 4.78 is 41.9. The largest absolute Gasteiger partial charge is 0.471 e. The third-order valence-electron chi connectivity index (χ3n) is 4.42. The van der Waals surface area contributed by atoms with Crippen molar-refractivity contribution in [3.63, 3.8) is 0 Å². The van der Waals surface area contributed by atoms with E-state index in [1.165, 1.54) is 0 Å². The molecule has 0 aliphatic heterocycles. The minimum Gasteiger partial charge on any atom is -0.336 e. The Morgan fingerprint density at radius 2 is 1.89 bits per heavy atom. The minimum atomic E-state index is -4.67. The summed E-state index contributed by atoms with van der Waals surface area (Å²) in [7, 11) is 0. The molecule has 0 fully saturated rings. The van der Waals surface area contributed by atoms with Crippen LogP contribution in [-0.2, 0) is 17.5 Å². The lowest BCUT2D eigenvalue weighted by Gasteiger charge is -2.29. The van der Waals surface area contributed by atoms with Gasteiger partial charge in [0.25, 0.3) is 0 Å². The van der Waals surface area contributed by atoms with E-state index in [1.54, 1.807) is 24.3 Å². The fraction of sp³-hybridized carbons (Fsp3) is 0.526. The summed E-state index contributed by atoms with van der Waals surface area (Å²) in [5.41, 5.74) is 1.31. The fourth-order valence-electron chi connectivity index (χ4n) is 2.59. The first-order chi connectivity index (χ1) is 12.8. The molecule has 27 heavy (non-hydrogen) atoms. The Bertz CT molecular complexity index is 741. The van der Waals surface area contributed by atoms with Crippen LogP contribution in [0, 0.1) is 0 Å². The van der Waals surface area contributed by atoms with Gasteiger partial charge in [-0.05, 0) is 25.3 Å². The van der Waals surface area contributed by atoms with Crippen LogP contribution in [0.15, 0.2) is 28.8 Å². The molecule has 0 saturated heterocycles. The van der Waals surface area contributed by atoms with Crippen LogP contribution >= 0.6 is 0 Å². The zero-order valence-corrected chi connectivity index (χ0v) is 15.7. The molecule has 1 aromatic heterocycles. The highest BCUT2D eigenvalue weighted by atomic mass is 19.4.